The first-order valence-corrected chi connectivity index (χ1v) is 18.8. The van der Waals surface area contributed by atoms with Gasteiger partial charge in [0.1, 0.15) is 18.1 Å². The number of nitrogens with zero attached hydrogens (tertiary/aromatic N) is 5. The molecule has 3 aromatic heterocycles. The fourth-order valence-corrected chi connectivity index (χ4v) is 7.13. The van der Waals surface area contributed by atoms with E-state index in [1.54, 1.807) is 0 Å². The van der Waals surface area contributed by atoms with Gasteiger partial charge in [0, 0.05) is 78.4 Å². The van der Waals surface area contributed by atoms with Crippen molar-refractivity contribution in [3.63, 3.8) is 0 Å². The summed E-state index contributed by atoms with van der Waals surface area (Å²) in [6.45, 7) is 25.5. The van der Waals surface area contributed by atoms with Gasteiger partial charge in [-0.3, -0.25) is 24.8 Å². The van der Waals surface area contributed by atoms with Gasteiger partial charge in [0.2, 0.25) is 0 Å². The number of pyridine rings is 3. The van der Waals surface area contributed by atoms with Gasteiger partial charge in [-0.2, -0.15) is 0 Å². The van der Waals surface area contributed by atoms with E-state index in [1.165, 1.54) is 0 Å². The average Bonchev–Trinajstić information content (AvgIpc) is 3.54. The summed E-state index contributed by atoms with van der Waals surface area (Å²) in [7, 11) is 0. The highest BCUT2D eigenvalue weighted by Crippen LogP contribution is 2.37. The second-order valence-electron chi connectivity index (χ2n) is 17.4. The molecule has 1 N–H and O–H groups in total. The van der Waals surface area contributed by atoms with Crippen molar-refractivity contribution in [1.29, 1.82) is 0 Å². The number of hydrogen-bond acceptors (Lipinski definition) is 10. The van der Waals surface area contributed by atoms with Crippen LogP contribution < -0.4 is 10.1 Å². The van der Waals surface area contributed by atoms with Crippen molar-refractivity contribution in [2.24, 2.45) is 0 Å². The molecule has 2 unspecified atom stereocenters. The van der Waals surface area contributed by atoms with Gasteiger partial charge < -0.3 is 24.3 Å². The molecule has 3 saturated heterocycles. The molecule has 0 saturated carbocycles. The Kier molecular flexibility index (Phi) is 11.5. The van der Waals surface area contributed by atoms with Crippen molar-refractivity contribution in [3.8, 4) is 5.75 Å². The zero-order valence-corrected chi connectivity index (χ0v) is 32.3. The van der Waals surface area contributed by atoms with Gasteiger partial charge in [-0.25, -0.2) is 0 Å². The van der Waals surface area contributed by atoms with E-state index in [-0.39, 0.29) is 40.7 Å². The molecule has 278 valence electrons. The van der Waals surface area contributed by atoms with E-state index in [0.29, 0.717) is 26.4 Å². The van der Waals surface area contributed by atoms with Gasteiger partial charge in [-0.05, 0) is 41.8 Å². The van der Waals surface area contributed by atoms with Crippen LogP contribution in [-0.4, -0.2) is 95.9 Å². The van der Waals surface area contributed by atoms with Crippen molar-refractivity contribution in [3.05, 3.63) is 83.2 Å². The molecule has 6 rings (SSSR count). The Morgan fingerprint density at radius 1 is 0.745 bits per heavy atom. The summed E-state index contributed by atoms with van der Waals surface area (Å²) >= 11 is 0. The van der Waals surface area contributed by atoms with Crippen LogP contribution in [0.15, 0.2) is 55.0 Å². The Balaban J connectivity index is 1.15. The normalized spacial score (nSPS) is 25.6. The van der Waals surface area contributed by atoms with E-state index in [1.807, 2.05) is 24.7 Å². The van der Waals surface area contributed by atoms with Crippen LogP contribution in [0.4, 0.5) is 0 Å². The lowest BCUT2D eigenvalue weighted by molar-refractivity contribution is -0.247. The number of morpholine rings is 2. The first-order valence-electron chi connectivity index (χ1n) is 18.8. The minimum Gasteiger partial charge on any atom is -0.487 e. The van der Waals surface area contributed by atoms with Gasteiger partial charge in [-0.15, -0.1) is 0 Å². The molecule has 10 heteroatoms. The molecule has 3 aliphatic heterocycles. The van der Waals surface area contributed by atoms with Crippen LogP contribution in [-0.2, 0) is 30.5 Å². The van der Waals surface area contributed by atoms with Crippen LogP contribution in [0.3, 0.4) is 0 Å². The molecule has 0 aromatic carbocycles. The van der Waals surface area contributed by atoms with E-state index in [4.69, 9.17) is 28.9 Å². The van der Waals surface area contributed by atoms with E-state index < -0.39 is 6.29 Å². The first-order chi connectivity index (χ1) is 24.2. The first kappa shape index (κ1) is 37.8. The fourth-order valence-electron chi connectivity index (χ4n) is 7.13. The Morgan fingerprint density at radius 2 is 1.37 bits per heavy atom. The molecule has 3 aromatic rings. The lowest BCUT2D eigenvalue weighted by Crippen LogP contribution is -2.58. The number of nitrogens with one attached hydrogen (secondary N) is 1. The van der Waals surface area contributed by atoms with E-state index in [0.717, 1.165) is 66.6 Å². The molecule has 0 amide bonds. The van der Waals surface area contributed by atoms with Crippen molar-refractivity contribution in [2.45, 2.75) is 116 Å². The maximum absolute atomic E-state index is 6.65. The van der Waals surface area contributed by atoms with Crippen LogP contribution in [0.5, 0.6) is 5.75 Å². The summed E-state index contributed by atoms with van der Waals surface area (Å²) in [6.07, 6.45) is 6.26. The Labute approximate surface area is 305 Å². The number of ether oxygens (including phenoxy) is 4. The minimum absolute atomic E-state index is 0.0145. The monoisotopic (exact) mass is 700 g/mol. The number of likely N-dealkylation sites (tertiary alicyclic amines) is 1. The molecule has 0 bridgehead atoms. The van der Waals surface area contributed by atoms with E-state index in [2.05, 4.69) is 113 Å². The number of aromatic nitrogens is 3. The third-order valence-corrected chi connectivity index (χ3v) is 10.2. The zero-order valence-electron chi connectivity index (χ0n) is 32.3. The van der Waals surface area contributed by atoms with E-state index in [9.17, 15) is 0 Å². The summed E-state index contributed by atoms with van der Waals surface area (Å²) in [5.74, 6) is 0.828. The zero-order chi connectivity index (χ0) is 36.4. The molecule has 3 fully saturated rings. The molecule has 6 heterocycles. The summed E-state index contributed by atoms with van der Waals surface area (Å²) in [4.78, 5) is 19.2. The Bertz CT molecular complexity index is 1550. The predicted octanol–water partition coefficient (Wildman–Crippen LogP) is 6.32. The van der Waals surface area contributed by atoms with Crippen molar-refractivity contribution in [1.82, 2.24) is 30.1 Å². The van der Waals surface area contributed by atoms with Crippen LogP contribution >= 0.6 is 0 Å². The highest BCUT2D eigenvalue weighted by Gasteiger charge is 2.43. The molecule has 0 aliphatic carbocycles. The molecule has 5 atom stereocenters. The molecule has 3 aliphatic rings. The molecule has 10 nitrogen and oxygen atoms in total. The molecular formula is C41H60N6O4. The number of hydrogen-bond donors (Lipinski definition) is 1. The Hall–Kier alpha value is -2.99. The topological polar surface area (TPSA) is 94.1 Å². The molecule has 0 spiro atoms. The predicted molar refractivity (Wildman–Crippen MR) is 200 cm³/mol. The molecule has 51 heavy (non-hydrogen) atoms. The lowest BCUT2D eigenvalue weighted by Gasteiger charge is -2.48. The van der Waals surface area contributed by atoms with Gasteiger partial charge in [-0.1, -0.05) is 74.4 Å². The Morgan fingerprint density at radius 3 is 1.96 bits per heavy atom. The SMILES string of the molecule is CC(C)(C)c1ccc(O[C@@H]2CCN(CCOC3OCCN(C4OCCN[C@H]4c4ccc(C(C)(C)C)nc4)[C@@H]3c3ccc(C(C)(C)C)nc3)C2)cn1. The van der Waals surface area contributed by atoms with Crippen LogP contribution in [0.25, 0.3) is 0 Å². The summed E-state index contributed by atoms with van der Waals surface area (Å²) in [5.41, 5.74) is 5.32. The maximum atomic E-state index is 6.65. The van der Waals surface area contributed by atoms with Crippen molar-refractivity contribution < 1.29 is 18.9 Å². The summed E-state index contributed by atoms with van der Waals surface area (Å²) < 4.78 is 26.0. The summed E-state index contributed by atoms with van der Waals surface area (Å²) in [5, 5.41) is 3.74. The van der Waals surface area contributed by atoms with Crippen molar-refractivity contribution >= 4 is 0 Å². The van der Waals surface area contributed by atoms with Crippen LogP contribution in [0, 0.1) is 0 Å². The molecular weight excluding hydrogens is 640 g/mol. The largest absolute Gasteiger partial charge is 0.487 e. The standard InChI is InChI=1S/C41H60N6O4/c1-39(2,3)32-13-10-28(24-43-32)35-37(48-21-17-42-35)47-20-23-50-38(36(47)29-11-14-33(44-25-29)40(4,5)6)49-22-19-46-18-16-31(27-46)51-30-12-15-34(45-26-30)41(7,8)9/h10-15,24-26,31,35-38,42H,16-23,27H2,1-9H3/t31-,35+,36-,37?,38?/m1/s1. The van der Waals surface area contributed by atoms with Gasteiger partial charge in [0.05, 0.1) is 38.1 Å². The average molecular weight is 701 g/mol. The minimum atomic E-state index is -0.476. The fraction of sp³-hybridized carbons (Fsp3) is 0.634. The van der Waals surface area contributed by atoms with Crippen LogP contribution in [0.2, 0.25) is 0 Å². The second-order valence-corrected chi connectivity index (χ2v) is 17.4. The van der Waals surface area contributed by atoms with Gasteiger partial charge in [0.25, 0.3) is 0 Å². The molecule has 0 radical (unpaired) electrons. The maximum Gasteiger partial charge on any atom is 0.177 e. The third kappa shape index (κ3) is 9.33. The number of rotatable bonds is 9. The highest BCUT2D eigenvalue weighted by atomic mass is 16.7. The van der Waals surface area contributed by atoms with Crippen LogP contribution in [0.1, 0.15) is 109 Å². The second kappa shape index (κ2) is 15.5. The van der Waals surface area contributed by atoms with E-state index >= 15 is 0 Å². The third-order valence-electron chi connectivity index (χ3n) is 10.2. The van der Waals surface area contributed by atoms with Gasteiger partial charge in [0.15, 0.2) is 6.29 Å². The smallest absolute Gasteiger partial charge is 0.177 e. The lowest BCUT2D eigenvalue weighted by atomic mass is 9.90. The highest BCUT2D eigenvalue weighted by molar-refractivity contribution is 5.26. The van der Waals surface area contributed by atoms with Crippen molar-refractivity contribution in [2.75, 3.05) is 52.5 Å². The summed E-state index contributed by atoms with van der Waals surface area (Å²) in [6, 6.07) is 12.5. The van der Waals surface area contributed by atoms with Gasteiger partial charge >= 0.3 is 0 Å². The quantitative estimate of drug-likeness (QED) is 0.273.